The van der Waals surface area contributed by atoms with Crippen molar-refractivity contribution in [2.24, 2.45) is 4.99 Å². The first-order valence-corrected chi connectivity index (χ1v) is 4.92. The third-order valence-corrected chi connectivity index (χ3v) is 2.00. The van der Waals surface area contributed by atoms with E-state index in [4.69, 9.17) is 0 Å². The van der Waals surface area contributed by atoms with Crippen LogP contribution in [0.15, 0.2) is 47.0 Å². The van der Waals surface area contributed by atoms with Crippen molar-refractivity contribution >= 4 is 6.21 Å². The van der Waals surface area contributed by atoms with Crippen LogP contribution in [0.3, 0.4) is 0 Å². The Labute approximate surface area is 86.2 Å². The second-order valence-electron chi connectivity index (χ2n) is 3.63. The highest BCUT2D eigenvalue weighted by molar-refractivity contribution is 5.72. The lowest BCUT2D eigenvalue weighted by Crippen LogP contribution is -1.88. The minimum Gasteiger partial charge on any atom is -0.285 e. The third kappa shape index (κ3) is 3.56. The van der Waals surface area contributed by atoms with Crippen molar-refractivity contribution in [1.82, 2.24) is 0 Å². The Morgan fingerprint density at radius 2 is 1.86 bits per heavy atom. The molecule has 1 heteroatoms. The molecule has 0 saturated carbocycles. The van der Waals surface area contributed by atoms with E-state index in [1.54, 1.807) is 0 Å². The molecule has 1 atom stereocenters. The van der Waals surface area contributed by atoms with Gasteiger partial charge in [0.15, 0.2) is 0 Å². The highest BCUT2D eigenvalue weighted by Gasteiger charge is 1.98. The van der Waals surface area contributed by atoms with E-state index < -0.39 is 0 Å². The lowest BCUT2D eigenvalue weighted by molar-refractivity contribution is 0.826. The average molecular weight is 187 g/mol. The zero-order chi connectivity index (χ0) is 10.4. The summed E-state index contributed by atoms with van der Waals surface area (Å²) in [7, 11) is 0. The van der Waals surface area contributed by atoms with Gasteiger partial charge in [0.2, 0.25) is 0 Å². The Kier molecular flexibility index (Phi) is 4.11. The van der Waals surface area contributed by atoms with Crippen molar-refractivity contribution in [2.45, 2.75) is 26.8 Å². The van der Waals surface area contributed by atoms with Crippen molar-refractivity contribution in [3.63, 3.8) is 0 Å². The largest absolute Gasteiger partial charge is 0.285 e. The van der Waals surface area contributed by atoms with Crippen LogP contribution >= 0.6 is 0 Å². The molecular weight excluding hydrogens is 170 g/mol. The fraction of sp³-hybridized carbons (Fsp3) is 0.308. The van der Waals surface area contributed by atoms with E-state index in [9.17, 15) is 0 Å². The minimum atomic E-state index is 0.242. The van der Waals surface area contributed by atoms with Crippen LogP contribution in [0.4, 0.5) is 0 Å². The van der Waals surface area contributed by atoms with Crippen LogP contribution in [0.2, 0.25) is 0 Å². The summed E-state index contributed by atoms with van der Waals surface area (Å²) < 4.78 is 0. The molecule has 0 radical (unpaired) electrons. The molecule has 0 unspecified atom stereocenters. The first-order chi connectivity index (χ1) is 6.70. The summed E-state index contributed by atoms with van der Waals surface area (Å²) in [6.45, 7) is 6.24. The zero-order valence-corrected chi connectivity index (χ0v) is 9.07. The van der Waals surface area contributed by atoms with E-state index in [0.717, 1.165) is 0 Å². The van der Waals surface area contributed by atoms with Crippen molar-refractivity contribution in [3.05, 3.63) is 47.5 Å². The van der Waals surface area contributed by atoms with Gasteiger partial charge in [-0.1, -0.05) is 35.9 Å². The van der Waals surface area contributed by atoms with E-state index >= 15 is 0 Å². The molecule has 14 heavy (non-hydrogen) atoms. The van der Waals surface area contributed by atoms with Crippen LogP contribution < -0.4 is 0 Å². The summed E-state index contributed by atoms with van der Waals surface area (Å²) in [4.78, 5) is 4.43. The molecule has 0 saturated heterocycles. The number of allylic oxidation sites excluding steroid dienone is 2. The van der Waals surface area contributed by atoms with Crippen LogP contribution in [0, 0.1) is 0 Å². The summed E-state index contributed by atoms with van der Waals surface area (Å²) in [5, 5.41) is 0. The third-order valence-electron chi connectivity index (χ3n) is 2.00. The predicted molar refractivity (Wildman–Crippen MR) is 62.8 cm³/mol. The standard InChI is InChI=1S/C13H17N/c1-11(2)9-10-14-12(3)13-7-5-4-6-8-13/h4-10,12H,1-3H3/t12-/m1/s1. The van der Waals surface area contributed by atoms with Gasteiger partial charge in [0, 0.05) is 6.21 Å². The number of benzene rings is 1. The van der Waals surface area contributed by atoms with Gasteiger partial charge in [-0.3, -0.25) is 4.99 Å². The van der Waals surface area contributed by atoms with Gasteiger partial charge in [0.1, 0.15) is 0 Å². The number of nitrogens with zero attached hydrogens (tertiary/aromatic N) is 1. The molecular formula is C13H17N. The van der Waals surface area contributed by atoms with Crippen LogP contribution in [0.5, 0.6) is 0 Å². The molecule has 0 aliphatic rings. The van der Waals surface area contributed by atoms with E-state index in [-0.39, 0.29) is 6.04 Å². The van der Waals surface area contributed by atoms with Crippen molar-refractivity contribution < 1.29 is 0 Å². The van der Waals surface area contributed by atoms with Crippen molar-refractivity contribution in [3.8, 4) is 0 Å². The number of rotatable bonds is 3. The topological polar surface area (TPSA) is 12.4 Å². The Morgan fingerprint density at radius 1 is 1.21 bits per heavy atom. The van der Waals surface area contributed by atoms with Gasteiger partial charge in [-0.25, -0.2) is 0 Å². The van der Waals surface area contributed by atoms with Crippen molar-refractivity contribution in [2.75, 3.05) is 0 Å². The van der Waals surface area contributed by atoms with Gasteiger partial charge >= 0.3 is 0 Å². The molecule has 0 heterocycles. The van der Waals surface area contributed by atoms with E-state index in [0.29, 0.717) is 0 Å². The van der Waals surface area contributed by atoms with Gasteiger partial charge in [0.05, 0.1) is 6.04 Å². The molecule has 1 aromatic rings. The van der Waals surface area contributed by atoms with E-state index in [1.165, 1.54) is 11.1 Å². The monoisotopic (exact) mass is 187 g/mol. The number of aliphatic imine (C=N–C) groups is 1. The number of hydrogen-bond acceptors (Lipinski definition) is 1. The Balaban J connectivity index is 2.64. The molecule has 0 fully saturated rings. The molecule has 1 aromatic carbocycles. The van der Waals surface area contributed by atoms with Crippen molar-refractivity contribution in [1.29, 1.82) is 0 Å². The maximum Gasteiger partial charge on any atom is 0.0720 e. The lowest BCUT2D eigenvalue weighted by Gasteiger charge is -2.04. The van der Waals surface area contributed by atoms with Gasteiger partial charge in [-0.15, -0.1) is 0 Å². The average Bonchev–Trinajstić information content (AvgIpc) is 2.18. The Morgan fingerprint density at radius 3 is 2.43 bits per heavy atom. The number of hydrogen-bond donors (Lipinski definition) is 0. The molecule has 1 nitrogen and oxygen atoms in total. The quantitative estimate of drug-likeness (QED) is 0.638. The molecule has 0 aromatic heterocycles. The van der Waals surface area contributed by atoms with E-state index in [2.05, 4.69) is 37.9 Å². The highest BCUT2D eigenvalue weighted by Crippen LogP contribution is 2.14. The van der Waals surface area contributed by atoms with Crippen LogP contribution in [0.1, 0.15) is 32.4 Å². The van der Waals surface area contributed by atoms with Gasteiger partial charge < -0.3 is 0 Å². The molecule has 0 N–H and O–H groups in total. The molecule has 1 rings (SSSR count). The fourth-order valence-electron chi connectivity index (χ4n) is 1.14. The second kappa shape index (κ2) is 5.38. The molecule has 0 bridgehead atoms. The SMILES string of the molecule is CC(C)=CC=N[C@H](C)c1ccccc1. The van der Waals surface area contributed by atoms with E-state index in [1.807, 2.05) is 30.5 Å². The fourth-order valence-corrected chi connectivity index (χ4v) is 1.14. The summed E-state index contributed by atoms with van der Waals surface area (Å²) in [5.74, 6) is 0. The van der Waals surface area contributed by atoms with Crippen LogP contribution in [0.25, 0.3) is 0 Å². The molecule has 74 valence electrons. The highest BCUT2D eigenvalue weighted by atomic mass is 14.7. The zero-order valence-electron chi connectivity index (χ0n) is 9.07. The first-order valence-electron chi connectivity index (χ1n) is 4.92. The predicted octanol–water partition coefficient (Wildman–Crippen LogP) is 3.78. The van der Waals surface area contributed by atoms with Gasteiger partial charge in [-0.05, 0) is 32.4 Å². The summed E-state index contributed by atoms with van der Waals surface area (Å²) in [6.07, 6.45) is 3.91. The van der Waals surface area contributed by atoms with Gasteiger partial charge in [-0.2, -0.15) is 0 Å². The maximum atomic E-state index is 4.43. The molecule has 0 amide bonds. The second-order valence-corrected chi connectivity index (χ2v) is 3.63. The first kappa shape index (κ1) is 10.7. The minimum absolute atomic E-state index is 0.242. The Bertz CT molecular complexity index is 318. The van der Waals surface area contributed by atoms with Crippen LogP contribution in [-0.4, -0.2) is 6.21 Å². The summed E-state index contributed by atoms with van der Waals surface area (Å²) in [6, 6.07) is 10.6. The Hall–Kier alpha value is -1.37. The van der Waals surface area contributed by atoms with Gasteiger partial charge in [0.25, 0.3) is 0 Å². The van der Waals surface area contributed by atoms with Crippen LogP contribution in [-0.2, 0) is 0 Å². The summed E-state index contributed by atoms with van der Waals surface area (Å²) in [5.41, 5.74) is 2.53. The normalized spacial score (nSPS) is 12.8. The molecule has 0 aliphatic heterocycles. The molecule has 0 aliphatic carbocycles. The summed E-state index contributed by atoms with van der Waals surface area (Å²) >= 11 is 0. The molecule has 0 spiro atoms. The smallest absolute Gasteiger partial charge is 0.0720 e. The maximum absolute atomic E-state index is 4.43. The lowest BCUT2D eigenvalue weighted by atomic mass is 10.1.